The molecule has 0 bridgehead atoms. The van der Waals surface area contributed by atoms with E-state index in [1.165, 1.54) is 49.4 Å². The zero-order valence-corrected chi connectivity index (χ0v) is 12.8. The van der Waals surface area contributed by atoms with Crippen LogP contribution in [0.3, 0.4) is 0 Å². The Hall–Kier alpha value is -2.86. The van der Waals surface area contributed by atoms with Crippen molar-refractivity contribution in [3.8, 4) is 22.3 Å². The van der Waals surface area contributed by atoms with E-state index in [0.29, 0.717) is 0 Å². The average Bonchev–Trinajstić information content (AvgIpc) is 3.14. The van der Waals surface area contributed by atoms with E-state index in [4.69, 9.17) is 0 Å². The van der Waals surface area contributed by atoms with Crippen LogP contribution in [-0.4, -0.2) is 0 Å². The van der Waals surface area contributed by atoms with Crippen LogP contribution in [0.25, 0.3) is 34.4 Å². The van der Waals surface area contributed by atoms with Crippen molar-refractivity contribution >= 4 is 12.2 Å². The standard InChI is InChI=1S/C23H16/c1-2-6-15-8-5-10-18-20-12-11-19-17-9-4-3-7-16(17)13-22(19)23(20)14-21(15)18/h2-5,7-14H,1,6H2. The molecular formula is C23H16. The van der Waals surface area contributed by atoms with E-state index in [1.54, 1.807) is 0 Å². The molecule has 0 saturated carbocycles. The van der Waals surface area contributed by atoms with Gasteiger partial charge in [-0.15, -0.1) is 6.58 Å². The fourth-order valence-electron chi connectivity index (χ4n) is 3.94. The van der Waals surface area contributed by atoms with Crippen molar-refractivity contribution < 1.29 is 0 Å². The zero-order chi connectivity index (χ0) is 15.4. The average molecular weight is 292 g/mol. The lowest BCUT2D eigenvalue weighted by molar-refractivity contribution is 1.27. The molecule has 0 saturated heterocycles. The molecule has 0 heteroatoms. The third-order valence-electron chi connectivity index (χ3n) is 4.98. The fraction of sp³-hybridized carbons (Fsp3) is 0.0435. The Morgan fingerprint density at radius 2 is 1.43 bits per heavy atom. The van der Waals surface area contributed by atoms with Crippen molar-refractivity contribution in [2.75, 3.05) is 0 Å². The summed E-state index contributed by atoms with van der Waals surface area (Å²) in [5.74, 6) is 0. The van der Waals surface area contributed by atoms with Crippen molar-refractivity contribution in [3.05, 3.63) is 94.4 Å². The lowest BCUT2D eigenvalue weighted by atomic mass is 9.97. The van der Waals surface area contributed by atoms with Gasteiger partial charge in [0.1, 0.15) is 0 Å². The minimum absolute atomic E-state index is 0.916. The third-order valence-corrected chi connectivity index (χ3v) is 4.98. The predicted octanol–water partition coefficient (Wildman–Crippen LogP) is 4.03. The first-order valence-electron chi connectivity index (χ1n) is 8.06. The second-order valence-corrected chi connectivity index (χ2v) is 6.24. The minimum atomic E-state index is 0.916. The van der Waals surface area contributed by atoms with Crippen LogP contribution in [-0.2, 0) is 6.42 Å². The van der Waals surface area contributed by atoms with Gasteiger partial charge in [-0.25, -0.2) is 0 Å². The van der Waals surface area contributed by atoms with Gasteiger partial charge in [0.2, 0.25) is 0 Å². The van der Waals surface area contributed by atoms with E-state index in [0.717, 1.165) is 6.42 Å². The molecule has 0 spiro atoms. The smallest absolute Gasteiger partial charge is 0.00925 e. The van der Waals surface area contributed by atoms with Crippen molar-refractivity contribution in [3.63, 3.8) is 0 Å². The van der Waals surface area contributed by atoms with E-state index in [9.17, 15) is 0 Å². The van der Waals surface area contributed by atoms with Gasteiger partial charge in [-0.3, -0.25) is 0 Å². The van der Waals surface area contributed by atoms with Gasteiger partial charge in [0.25, 0.3) is 0 Å². The SMILES string of the molecule is C=CCc1cccc2c1C=c1c-2ccc2c1=Cc1ccccc1-2. The van der Waals surface area contributed by atoms with Crippen LogP contribution in [0.4, 0.5) is 0 Å². The highest BCUT2D eigenvalue weighted by atomic mass is 14.2. The summed E-state index contributed by atoms with van der Waals surface area (Å²) in [6.07, 6.45) is 7.60. The number of allylic oxidation sites excluding steroid dienone is 1. The Morgan fingerprint density at radius 1 is 0.696 bits per heavy atom. The van der Waals surface area contributed by atoms with Crippen molar-refractivity contribution in [1.82, 2.24) is 0 Å². The van der Waals surface area contributed by atoms with Crippen LogP contribution in [0, 0.1) is 0 Å². The maximum Gasteiger partial charge on any atom is -0.00925 e. The first-order valence-corrected chi connectivity index (χ1v) is 8.06. The van der Waals surface area contributed by atoms with Crippen molar-refractivity contribution in [2.45, 2.75) is 6.42 Å². The van der Waals surface area contributed by atoms with E-state index in [-0.39, 0.29) is 0 Å². The van der Waals surface area contributed by atoms with Gasteiger partial charge in [0.05, 0.1) is 0 Å². The highest BCUT2D eigenvalue weighted by molar-refractivity contribution is 5.90. The molecule has 0 amide bonds. The quantitative estimate of drug-likeness (QED) is 0.431. The Kier molecular flexibility index (Phi) is 2.51. The second-order valence-electron chi connectivity index (χ2n) is 6.24. The molecule has 3 aromatic carbocycles. The van der Waals surface area contributed by atoms with Crippen LogP contribution in [0.15, 0.2) is 67.3 Å². The molecule has 0 nitrogen and oxygen atoms in total. The van der Waals surface area contributed by atoms with E-state index in [2.05, 4.69) is 73.3 Å². The Labute approximate surface area is 135 Å². The molecule has 0 N–H and O–H groups in total. The highest BCUT2D eigenvalue weighted by Crippen LogP contribution is 2.32. The van der Waals surface area contributed by atoms with E-state index < -0.39 is 0 Å². The Morgan fingerprint density at radius 3 is 2.30 bits per heavy atom. The molecule has 0 radical (unpaired) electrons. The first-order chi connectivity index (χ1) is 11.4. The molecule has 2 aliphatic carbocycles. The molecule has 108 valence electrons. The molecule has 2 aliphatic rings. The molecule has 0 unspecified atom stereocenters. The monoisotopic (exact) mass is 292 g/mol. The summed E-state index contributed by atoms with van der Waals surface area (Å²) in [4.78, 5) is 0. The van der Waals surface area contributed by atoms with Gasteiger partial charge in [0, 0.05) is 0 Å². The molecule has 3 aromatic rings. The molecule has 5 rings (SSSR count). The van der Waals surface area contributed by atoms with Gasteiger partial charge in [0.15, 0.2) is 0 Å². The van der Waals surface area contributed by atoms with E-state index in [1.807, 2.05) is 6.08 Å². The molecule has 0 heterocycles. The van der Waals surface area contributed by atoms with Crippen molar-refractivity contribution in [1.29, 1.82) is 0 Å². The molecular weight excluding hydrogens is 276 g/mol. The van der Waals surface area contributed by atoms with Crippen LogP contribution in [0.1, 0.15) is 16.7 Å². The molecule has 0 fully saturated rings. The largest absolute Gasteiger partial charge is 0.103 e. The van der Waals surface area contributed by atoms with Crippen molar-refractivity contribution in [2.24, 2.45) is 0 Å². The number of hydrogen-bond acceptors (Lipinski definition) is 0. The Bertz CT molecular complexity index is 1100. The van der Waals surface area contributed by atoms with Gasteiger partial charge in [-0.2, -0.15) is 0 Å². The lowest BCUT2D eigenvalue weighted by Gasteiger charge is -2.06. The topological polar surface area (TPSA) is 0 Å². The summed E-state index contributed by atoms with van der Waals surface area (Å²) >= 11 is 0. The number of rotatable bonds is 2. The zero-order valence-electron chi connectivity index (χ0n) is 12.8. The predicted molar refractivity (Wildman–Crippen MR) is 97.6 cm³/mol. The highest BCUT2D eigenvalue weighted by Gasteiger charge is 2.19. The maximum absolute atomic E-state index is 3.90. The van der Waals surface area contributed by atoms with E-state index >= 15 is 0 Å². The van der Waals surface area contributed by atoms with Crippen LogP contribution < -0.4 is 10.4 Å². The second kappa shape index (κ2) is 4.57. The number of hydrogen-bond donors (Lipinski definition) is 0. The third kappa shape index (κ3) is 1.66. The summed E-state index contributed by atoms with van der Waals surface area (Å²) in [5.41, 5.74) is 9.46. The molecule has 0 aliphatic heterocycles. The van der Waals surface area contributed by atoms with Crippen LogP contribution in [0.2, 0.25) is 0 Å². The molecule has 0 atom stereocenters. The number of fused-ring (bicyclic) bond motifs is 7. The van der Waals surface area contributed by atoms with Gasteiger partial charge >= 0.3 is 0 Å². The van der Waals surface area contributed by atoms with Gasteiger partial charge in [-0.05, 0) is 68.0 Å². The van der Waals surface area contributed by atoms with Crippen LogP contribution >= 0.6 is 0 Å². The normalized spacial score (nSPS) is 12.5. The van der Waals surface area contributed by atoms with Gasteiger partial charge < -0.3 is 0 Å². The fourth-order valence-corrected chi connectivity index (χ4v) is 3.94. The Balaban J connectivity index is 1.85. The minimum Gasteiger partial charge on any atom is -0.103 e. The molecule has 23 heavy (non-hydrogen) atoms. The first kappa shape index (κ1) is 12.7. The van der Waals surface area contributed by atoms with Gasteiger partial charge in [-0.1, -0.05) is 60.7 Å². The summed E-state index contributed by atoms with van der Waals surface area (Å²) in [7, 11) is 0. The number of benzene rings is 3. The van der Waals surface area contributed by atoms with Crippen LogP contribution in [0.5, 0.6) is 0 Å². The lowest BCUT2D eigenvalue weighted by Crippen LogP contribution is -2.25. The summed E-state index contributed by atoms with van der Waals surface area (Å²) < 4.78 is 0. The maximum atomic E-state index is 3.90. The summed E-state index contributed by atoms with van der Waals surface area (Å²) in [6, 6.07) is 19.8. The molecule has 0 aromatic heterocycles. The summed E-state index contributed by atoms with van der Waals surface area (Å²) in [6.45, 7) is 3.90. The summed E-state index contributed by atoms with van der Waals surface area (Å²) in [5, 5.41) is 2.73.